The van der Waals surface area contributed by atoms with Crippen LogP contribution in [0.2, 0.25) is 54.4 Å². The molecular formula is C54H117B3O6Si3. The first-order chi connectivity index (χ1) is 32.3. The Morgan fingerprint density at radius 3 is 0.470 bits per heavy atom. The zero-order valence-electron chi connectivity index (χ0n) is 46.5. The van der Waals surface area contributed by atoms with Crippen molar-refractivity contribution in [3.8, 4) is 0 Å². The Hall–Kier alpha value is 0.605. The summed E-state index contributed by atoms with van der Waals surface area (Å²) in [5, 5.41) is 0. The van der Waals surface area contributed by atoms with E-state index in [0.717, 1.165) is 0 Å². The molecule has 390 valence electrons. The van der Waals surface area contributed by atoms with E-state index in [4.69, 9.17) is 26.7 Å². The van der Waals surface area contributed by atoms with Crippen molar-refractivity contribution < 1.29 is 26.7 Å². The van der Waals surface area contributed by atoms with E-state index in [9.17, 15) is 0 Å². The van der Waals surface area contributed by atoms with E-state index in [1.807, 2.05) is 0 Å². The molecule has 1 saturated heterocycles. The molecule has 6 nitrogen and oxygen atoms in total. The molecule has 1 aliphatic heterocycles. The molecule has 0 aliphatic carbocycles. The van der Waals surface area contributed by atoms with Gasteiger partial charge in [0.25, 0.3) is 0 Å². The van der Waals surface area contributed by atoms with Crippen LogP contribution in [0.3, 0.4) is 0 Å². The van der Waals surface area contributed by atoms with Gasteiger partial charge in [0.05, 0.1) is 0 Å². The number of hydrogen-bond donors (Lipinski definition) is 0. The molecule has 0 atom stereocenters. The van der Waals surface area contributed by atoms with E-state index in [0.29, 0.717) is 0 Å². The van der Waals surface area contributed by atoms with Crippen LogP contribution < -0.4 is 0 Å². The summed E-state index contributed by atoms with van der Waals surface area (Å²) in [6.07, 6.45) is 45.8. The zero-order chi connectivity index (χ0) is 48.3. The predicted molar refractivity (Wildman–Crippen MR) is 302 cm³/mol. The van der Waals surface area contributed by atoms with Gasteiger partial charge in [-0.2, -0.15) is 0 Å². The Kier molecular flexibility index (Phi) is 43.4. The van der Waals surface area contributed by atoms with Crippen LogP contribution in [0.4, 0.5) is 0 Å². The number of rotatable bonds is 51. The van der Waals surface area contributed by atoms with Crippen LogP contribution in [0.15, 0.2) is 0 Å². The average Bonchev–Trinajstić information content (AvgIpc) is 3.31. The lowest BCUT2D eigenvalue weighted by molar-refractivity contribution is 0.137. The van der Waals surface area contributed by atoms with Crippen molar-refractivity contribution in [1.82, 2.24) is 0 Å². The van der Waals surface area contributed by atoms with Gasteiger partial charge in [-0.3, -0.25) is 0 Å². The van der Waals surface area contributed by atoms with Gasteiger partial charge in [-0.05, 0) is 54.4 Å². The Balaban J connectivity index is 3.92. The fourth-order valence-corrected chi connectivity index (χ4v) is 23.6. The average molecular weight is 979 g/mol. The van der Waals surface area contributed by atoms with Crippen LogP contribution in [0.1, 0.15) is 293 Å². The van der Waals surface area contributed by atoms with Gasteiger partial charge in [-0.15, -0.1) is 0 Å². The van der Waals surface area contributed by atoms with E-state index in [1.54, 1.807) is 0 Å². The van der Waals surface area contributed by atoms with E-state index in [-0.39, 0.29) is 0 Å². The highest BCUT2D eigenvalue weighted by Gasteiger charge is 2.54. The SMILES string of the molecule is CCCCCC[Si](CCCCCC)(CCCCCC)OB1OB(O[Si](CCCCCC)(CCCCCC)CCCCCC)OB(O[Si](CCCCCC)(CCCCCC)CCCCCC)O1. The third kappa shape index (κ3) is 31.8. The topological polar surface area (TPSA) is 55.4 Å². The molecule has 12 heteroatoms. The lowest BCUT2D eigenvalue weighted by Gasteiger charge is -2.42. The number of hydrogen-bond acceptors (Lipinski definition) is 6. The minimum Gasteiger partial charge on any atom is -0.429 e. The summed E-state index contributed by atoms with van der Waals surface area (Å²) in [7, 11) is -9.26. The van der Waals surface area contributed by atoms with Gasteiger partial charge >= 0.3 is 22.0 Å². The monoisotopic (exact) mass is 979 g/mol. The first-order valence-electron chi connectivity index (χ1n) is 30.3. The van der Waals surface area contributed by atoms with Gasteiger partial charge < -0.3 is 26.7 Å². The standard InChI is InChI=1S/C54H117B3O6Si3/c1-10-19-28-37-46-64(47-38-29-20-11-2,48-39-30-21-12-3)61-55-58-56(62-65(49-40-31-22-13-4,50-41-32-23-14-5)51-42-33-24-15-6)60-57(59-55)63-66(52-43-34-25-16-7,53-44-35-26-17-8)54-45-36-27-18-9/h10-54H2,1-9H3. The summed E-state index contributed by atoms with van der Waals surface area (Å²) in [5.41, 5.74) is 0. The van der Waals surface area contributed by atoms with E-state index in [1.165, 1.54) is 286 Å². The lowest BCUT2D eigenvalue weighted by Crippen LogP contribution is -2.61. The summed E-state index contributed by atoms with van der Waals surface area (Å²) in [6, 6.07) is 10.8. The maximum absolute atomic E-state index is 7.67. The van der Waals surface area contributed by atoms with Crippen LogP contribution in [-0.2, 0) is 26.7 Å². The van der Waals surface area contributed by atoms with Crippen molar-refractivity contribution in [2.45, 2.75) is 348 Å². The van der Waals surface area contributed by atoms with E-state index >= 15 is 0 Å². The summed E-state index contributed by atoms with van der Waals surface area (Å²) >= 11 is 0. The minimum atomic E-state index is -2.28. The molecule has 0 radical (unpaired) electrons. The Morgan fingerprint density at radius 1 is 0.212 bits per heavy atom. The van der Waals surface area contributed by atoms with Gasteiger partial charge in [0.2, 0.25) is 0 Å². The maximum atomic E-state index is 7.67. The molecule has 0 N–H and O–H groups in total. The third-order valence-electron chi connectivity index (χ3n) is 15.1. The van der Waals surface area contributed by atoms with Gasteiger partial charge in [-0.1, -0.05) is 293 Å². The second-order valence-electron chi connectivity index (χ2n) is 21.5. The van der Waals surface area contributed by atoms with Gasteiger partial charge in [-0.25, -0.2) is 0 Å². The molecule has 0 bridgehead atoms. The van der Waals surface area contributed by atoms with Crippen LogP contribution in [0, 0.1) is 0 Å². The van der Waals surface area contributed by atoms with Gasteiger partial charge in [0.15, 0.2) is 25.0 Å². The maximum Gasteiger partial charge on any atom is 0.604 e. The largest absolute Gasteiger partial charge is 0.604 e. The predicted octanol–water partition coefficient (Wildman–Crippen LogP) is 20.1. The first kappa shape index (κ1) is 64.6. The molecular weight excluding hydrogens is 861 g/mol. The van der Waals surface area contributed by atoms with Crippen molar-refractivity contribution >= 4 is 46.9 Å². The summed E-state index contributed by atoms with van der Waals surface area (Å²) in [6.45, 7) is 21.0. The van der Waals surface area contributed by atoms with Gasteiger partial charge in [0.1, 0.15) is 0 Å². The molecule has 0 aromatic rings. The highest BCUT2D eigenvalue weighted by Crippen LogP contribution is 2.38. The first-order valence-corrected chi connectivity index (χ1v) is 37.9. The molecule has 1 fully saturated rings. The van der Waals surface area contributed by atoms with Crippen molar-refractivity contribution in [1.29, 1.82) is 0 Å². The highest BCUT2D eigenvalue weighted by molar-refractivity contribution is 6.85. The smallest absolute Gasteiger partial charge is 0.429 e. The van der Waals surface area contributed by atoms with Crippen molar-refractivity contribution in [3.05, 3.63) is 0 Å². The van der Waals surface area contributed by atoms with Crippen LogP contribution in [0.5, 0.6) is 0 Å². The summed E-state index contributed by atoms with van der Waals surface area (Å²) < 4.78 is 44.2. The molecule has 0 spiro atoms. The quantitative estimate of drug-likeness (QED) is 0.0447. The molecule has 1 rings (SSSR count). The fourth-order valence-electron chi connectivity index (χ4n) is 10.7. The molecule has 66 heavy (non-hydrogen) atoms. The molecule has 0 aromatic heterocycles. The van der Waals surface area contributed by atoms with Crippen molar-refractivity contribution in [2.24, 2.45) is 0 Å². The van der Waals surface area contributed by atoms with Crippen LogP contribution >= 0.6 is 0 Å². The van der Waals surface area contributed by atoms with E-state index in [2.05, 4.69) is 62.3 Å². The molecule has 1 heterocycles. The van der Waals surface area contributed by atoms with Gasteiger partial charge in [0, 0.05) is 0 Å². The molecule has 0 aromatic carbocycles. The highest BCUT2D eigenvalue weighted by atomic mass is 28.4. The second-order valence-corrected chi connectivity index (χ2v) is 33.8. The molecule has 0 unspecified atom stereocenters. The molecule has 1 aliphatic rings. The van der Waals surface area contributed by atoms with Crippen molar-refractivity contribution in [3.63, 3.8) is 0 Å². The van der Waals surface area contributed by atoms with Crippen LogP contribution in [-0.4, -0.2) is 46.9 Å². The summed E-state index contributed by atoms with van der Waals surface area (Å²) in [4.78, 5) is 0. The van der Waals surface area contributed by atoms with E-state index < -0.39 is 46.9 Å². The lowest BCUT2D eigenvalue weighted by atomic mass is 9.98. The molecule has 0 amide bonds. The third-order valence-corrected chi connectivity index (χ3v) is 28.5. The van der Waals surface area contributed by atoms with Crippen LogP contribution in [0.25, 0.3) is 0 Å². The Bertz CT molecular complexity index is 814. The minimum absolute atomic E-state index is 0.803. The fraction of sp³-hybridized carbons (Fsp3) is 1.00. The Labute approximate surface area is 419 Å². The molecule has 0 saturated carbocycles. The summed E-state index contributed by atoms with van der Waals surface area (Å²) in [5.74, 6) is 0. The number of unbranched alkanes of at least 4 members (excludes halogenated alkanes) is 27. The normalized spacial score (nSPS) is 14.0. The second kappa shape index (κ2) is 44.3. The Morgan fingerprint density at radius 2 is 0.348 bits per heavy atom. The van der Waals surface area contributed by atoms with Crippen molar-refractivity contribution in [2.75, 3.05) is 0 Å². The zero-order valence-corrected chi connectivity index (χ0v) is 49.5.